The van der Waals surface area contributed by atoms with Gasteiger partial charge in [-0.3, -0.25) is 19.4 Å². The number of hydrogen-bond acceptors (Lipinski definition) is 4. The summed E-state index contributed by atoms with van der Waals surface area (Å²) in [6.07, 6.45) is 3.31. The molecule has 0 aromatic carbocycles. The van der Waals surface area contributed by atoms with E-state index >= 15 is 0 Å². The zero-order chi connectivity index (χ0) is 17.1. The zero-order valence-corrected chi connectivity index (χ0v) is 12.7. The van der Waals surface area contributed by atoms with E-state index in [2.05, 4.69) is 10.3 Å². The fraction of sp³-hybridized carbons (Fsp3) is 0.200. The number of rotatable bonds is 5. The maximum absolute atomic E-state index is 12.3. The molecule has 2 aromatic heterocycles. The molecule has 8 heteroatoms. The van der Waals surface area contributed by atoms with Gasteiger partial charge in [0.1, 0.15) is 0 Å². The Bertz CT molecular complexity index is 753. The Hall–Kier alpha value is -3.16. The molecule has 0 aliphatic carbocycles. The Kier molecular flexibility index (Phi) is 4.44. The van der Waals surface area contributed by atoms with Crippen LogP contribution in [0.3, 0.4) is 0 Å². The molecule has 0 aliphatic heterocycles. The van der Waals surface area contributed by atoms with E-state index in [0.717, 1.165) is 11.4 Å². The summed E-state index contributed by atoms with van der Waals surface area (Å²) in [7, 11) is 0. The van der Waals surface area contributed by atoms with Crippen LogP contribution in [-0.2, 0) is 9.59 Å². The van der Waals surface area contributed by atoms with Crippen molar-refractivity contribution in [3.05, 3.63) is 47.5 Å². The molecule has 8 nitrogen and oxygen atoms in total. The lowest BCUT2D eigenvalue weighted by Crippen LogP contribution is -2.52. The predicted molar refractivity (Wildman–Crippen MR) is 82.7 cm³/mol. The fourth-order valence-electron chi connectivity index (χ4n) is 2.37. The Balaban J connectivity index is 2.37. The average Bonchev–Trinajstić information content (AvgIpc) is 2.79. The van der Waals surface area contributed by atoms with Gasteiger partial charge in [-0.15, -0.1) is 0 Å². The molecule has 0 unspecified atom stereocenters. The lowest BCUT2D eigenvalue weighted by molar-refractivity contribution is -0.128. The van der Waals surface area contributed by atoms with Gasteiger partial charge in [0.15, 0.2) is 6.04 Å². The lowest BCUT2D eigenvalue weighted by Gasteiger charge is -2.12. The molecule has 2 rings (SSSR count). The van der Waals surface area contributed by atoms with Gasteiger partial charge in [-0.25, -0.2) is 0 Å². The number of amides is 3. The SMILES string of the molecule is Cc1cc(C(=O)NC(C(N)=O)C(N)=O)c(C)n1-c1cccnc1. The third-order valence-electron chi connectivity index (χ3n) is 3.42. The molecule has 0 aliphatic rings. The highest BCUT2D eigenvalue weighted by Gasteiger charge is 2.26. The molecule has 0 atom stereocenters. The monoisotopic (exact) mass is 315 g/mol. The number of carbonyl (C=O) groups excluding carboxylic acids is 3. The first-order valence-electron chi connectivity index (χ1n) is 6.81. The van der Waals surface area contributed by atoms with Gasteiger partial charge in [-0.2, -0.15) is 0 Å². The minimum Gasteiger partial charge on any atom is -0.367 e. The molecule has 0 saturated carbocycles. The van der Waals surface area contributed by atoms with Gasteiger partial charge in [0.2, 0.25) is 11.8 Å². The molecule has 2 heterocycles. The standard InChI is InChI=1S/C15H17N5O3/c1-8-6-11(15(23)19-12(13(16)21)14(17)22)9(2)20(8)10-4-3-5-18-7-10/h3-7,12H,1-2H3,(H2,16,21)(H2,17,22)(H,19,23). The van der Waals surface area contributed by atoms with Crippen LogP contribution in [0.4, 0.5) is 0 Å². The van der Waals surface area contributed by atoms with Crippen molar-refractivity contribution >= 4 is 17.7 Å². The third-order valence-corrected chi connectivity index (χ3v) is 3.42. The van der Waals surface area contributed by atoms with E-state index in [1.165, 1.54) is 0 Å². The van der Waals surface area contributed by atoms with Crippen molar-refractivity contribution in [2.24, 2.45) is 11.5 Å². The van der Waals surface area contributed by atoms with Gasteiger partial charge in [0.05, 0.1) is 17.4 Å². The van der Waals surface area contributed by atoms with Crippen LogP contribution in [-0.4, -0.2) is 33.3 Å². The van der Waals surface area contributed by atoms with Crippen LogP contribution in [0.25, 0.3) is 5.69 Å². The van der Waals surface area contributed by atoms with E-state index in [4.69, 9.17) is 11.5 Å². The first-order chi connectivity index (χ1) is 10.8. The number of nitrogens with one attached hydrogen (secondary N) is 1. The molecule has 2 aromatic rings. The van der Waals surface area contributed by atoms with Crippen molar-refractivity contribution < 1.29 is 14.4 Å². The van der Waals surface area contributed by atoms with E-state index in [1.54, 1.807) is 31.5 Å². The molecule has 0 saturated heterocycles. The van der Waals surface area contributed by atoms with Crippen LogP contribution in [0, 0.1) is 13.8 Å². The number of pyridine rings is 1. The first-order valence-corrected chi connectivity index (χ1v) is 6.81. The number of nitrogens with zero attached hydrogens (tertiary/aromatic N) is 2. The molecule has 120 valence electrons. The average molecular weight is 315 g/mol. The van der Waals surface area contributed by atoms with Crippen LogP contribution in [0.1, 0.15) is 21.7 Å². The number of aryl methyl sites for hydroxylation is 1. The van der Waals surface area contributed by atoms with E-state index in [9.17, 15) is 14.4 Å². The van der Waals surface area contributed by atoms with Crippen LogP contribution >= 0.6 is 0 Å². The molecular formula is C15H17N5O3. The van der Waals surface area contributed by atoms with Crippen molar-refractivity contribution in [2.75, 3.05) is 0 Å². The van der Waals surface area contributed by atoms with Crippen LogP contribution in [0.2, 0.25) is 0 Å². The zero-order valence-electron chi connectivity index (χ0n) is 12.7. The van der Waals surface area contributed by atoms with E-state index < -0.39 is 23.8 Å². The maximum atomic E-state index is 12.3. The summed E-state index contributed by atoms with van der Waals surface area (Å²) >= 11 is 0. The van der Waals surface area contributed by atoms with E-state index in [-0.39, 0.29) is 0 Å². The van der Waals surface area contributed by atoms with E-state index in [0.29, 0.717) is 11.3 Å². The summed E-state index contributed by atoms with van der Waals surface area (Å²) in [6, 6.07) is 3.73. The normalized spacial score (nSPS) is 10.6. The van der Waals surface area contributed by atoms with Crippen molar-refractivity contribution in [2.45, 2.75) is 19.9 Å². The summed E-state index contributed by atoms with van der Waals surface area (Å²) in [5.74, 6) is -2.62. The van der Waals surface area contributed by atoms with Gasteiger partial charge in [-0.1, -0.05) is 0 Å². The fourth-order valence-corrected chi connectivity index (χ4v) is 2.37. The van der Waals surface area contributed by atoms with Crippen LogP contribution in [0.15, 0.2) is 30.6 Å². The summed E-state index contributed by atoms with van der Waals surface area (Å²) < 4.78 is 1.84. The van der Waals surface area contributed by atoms with Gasteiger partial charge < -0.3 is 21.4 Å². The first kappa shape index (κ1) is 16.2. The molecular weight excluding hydrogens is 298 g/mol. The second-order valence-electron chi connectivity index (χ2n) is 5.04. The van der Waals surface area contributed by atoms with Gasteiger partial charge >= 0.3 is 0 Å². The topological polar surface area (TPSA) is 133 Å². The second kappa shape index (κ2) is 6.30. The third kappa shape index (κ3) is 3.20. The summed E-state index contributed by atoms with van der Waals surface area (Å²) in [4.78, 5) is 38.7. The predicted octanol–water partition coefficient (Wildman–Crippen LogP) is -0.442. The molecule has 23 heavy (non-hydrogen) atoms. The molecule has 0 radical (unpaired) electrons. The van der Waals surface area contributed by atoms with Crippen LogP contribution in [0.5, 0.6) is 0 Å². The largest absolute Gasteiger partial charge is 0.367 e. The Labute approximate surface area is 132 Å². The summed E-state index contributed by atoms with van der Waals surface area (Å²) in [5.41, 5.74) is 12.7. The second-order valence-corrected chi connectivity index (χ2v) is 5.04. The van der Waals surface area contributed by atoms with Crippen molar-refractivity contribution in [3.8, 4) is 5.69 Å². The van der Waals surface area contributed by atoms with Gasteiger partial charge in [0, 0.05) is 17.6 Å². The van der Waals surface area contributed by atoms with Gasteiger partial charge in [-0.05, 0) is 32.0 Å². The molecule has 0 bridgehead atoms. The van der Waals surface area contributed by atoms with Crippen LogP contribution < -0.4 is 16.8 Å². The highest BCUT2D eigenvalue weighted by atomic mass is 16.2. The van der Waals surface area contributed by atoms with E-state index in [1.807, 2.05) is 17.6 Å². The molecule has 0 spiro atoms. The number of hydrogen-bond donors (Lipinski definition) is 3. The van der Waals surface area contributed by atoms with Gasteiger partial charge in [0.25, 0.3) is 5.91 Å². The van der Waals surface area contributed by atoms with Crippen molar-refractivity contribution in [1.29, 1.82) is 0 Å². The number of carbonyl (C=O) groups is 3. The Morgan fingerprint density at radius 2 is 1.87 bits per heavy atom. The van der Waals surface area contributed by atoms with Crippen molar-refractivity contribution in [3.63, 3.8) is 0 Å². The molecule has 0 fully saturated rings. The highest BCUT2D eigenvalue weighted by Crippen LogP contribution is 2.20. The molecule has 3 amide bonds. The lowest BCUT2D eigenvalue weighted by atomic mass is 10.2. The Morgan fingerprint density at radius 1 is 1.22 bits per heavy atom. The smallest absolute Gasteiger partial charge is 0.254 e. The minimum atomic E-state index is -1.55. The Morgan fingerprint density at radius 3 is 2.39 bits per heavy atom. The number of aromatic nitrogens is 2. The quantitative estimate of drug-likeness (QED) is 0.645. The number of primary amides is 2. The maximum Gasteiger partial charge on any atom is 0.254 e. The van der Waals surface area contributed by atoms with Crippen molar-refractivity contribution in [1.82, 2.24) is 14.9 Å². The molecule has 5 N–H and O–H groups in total. The summed E-state index contributed by atoms with van der Waals surface area (Å²) in [5, 5.41) is 2.25. The number of nitrogens with two attached hydrogens (primary N) is 2. The highest BCUT2D eigenvalue weighted by molar-refractivity contribution is 6.08. The summed E-state index contributed by atoms with van der Waals surface area (Å²) in [6.45, 7) is 3.58. The minimum absolute atomic E-state index is 0.318.